The number of rotatable bonds is 3. The number of hydrogen-bond acceptors (Lipinski definition) is 3. The van der Waals surface area contributed by atoms with Gasteiger partial charge in [0.25, 0.3) is 0 Å². The standard InChI is InChI=1S/C10H14O2S/c1-4-13-10-7(2)5-8(12-3)6-9(10)11/h5-6,11H,4H2,1-3H3/i4+1DH/t4-/m1/s1. The third-order valence-corrected chi connectivity index (χ3v) is 2.61. The summed E-state index contributed by atoms with van der Waals surface area (Å²) in [5.41, 5.74) is -0.598. The Labute approximate surface area is 85.7 Å². The van der Waals surface area contributed by atoms with Crippen LogP contribution in [-0.4, -0.2) is 17.9 Å². The summed E-state index contributed by atoms with van der Waals surface area (Å²) in [4.78, 5) is 0.559. The minimum absolute atomic E-state index is 0.0579. The van der Waals surface area contributed by atoms with Gasteiger partial charge in [-0.2, -0.15) is 0 Å². The molecular formula is C10H14O2S. The molecule has 72 valence electrons. The summed E-state index contributed by atoms with van der Waals surface area (Å²) < 4.78 is 19.9. The molecule has 1 atom stereocenters. The highest BCUT2D eigenvalue weighted by Gasteiger charge is 2.06. The van der Waals surface area contributed by atoms with Gasteiger partial charge in [-0.1, -0.05) is 6.92 Å². The molecule has 0 radical (unpaired) electrons. The number of methoxy groups -OCH3 is 1. The Kier molecular flexibility index (Phi) is 2.57. The molecule has 0 spiro atoms. The van der Waals surface area contributed by atoms with E-state index in [9.17, 15) is 5.11 Å². The monoisotopic (exact) mass is 200 g/mol. The topological polar surface area (TPSA) is 29.5 Å². The molecule has 1 aromatic carbocycles. The third-order valence-electron chi connectivity index (χ3n) is 1.67. The molecule has 1 aromatic rings. The number of ether oxygens (including phenoxy) is 1. The van der Waals surface area contributed by atoms with Gasteiger partial charge in [0.1, 0.15) is 11.5 Å². The van der Waals surface area contributed by atoms with Gasteiger partial charge in [0.05, 0.1) is 12.0 Å². The first kappa shape index (κ1) is 7.56. The maximum Gasteiger partial charge on any atom is 0.133 e. The lowest BCUT2D eigenvalue weighted by atomic mass is 10.2. The third kappa shape index (κ3) is 2.31. The highest BCUT2D eigenvalue weighted by molar-refractivity contribution is 7.99. The van der Waals surface area contributed by atoms with E-state index in [1.807, 2.05) is 6.92 Å². The Morgan fingerprint density at radius 3 is 2.92 bits per heavy atom. The summed E-state index contributed by atoms with van der Waals surface area (Å²) in [5, 5.41) is 9.70. The van der Waals surface area contributed by atoms with Gasteiger partial charge in [-0.25, -0.2) is 0 Å². The molecule has 0 aliphatic heterocycles. The van der Waals surface area contributed by atoms with E-state index in [1.165, 1.54) is 20.1 Å². The van der Waals surface area contributed by atoms with Gasteiger partial charge in [0.15, 0.2) is 0 Å². The largest absolute Gasteiger partial charge is 0.507 e. The number of thioether (sulfide) groups is 1. The quantitative estimate of drug-likeness (QED) is 0.601. The van der Waals surface area contributed by atoms with E-state index < -0.39 is 5.70 Å². The molecule has 0 aliphatic rings. The Hall–Kier alpha value is -0.830. The van der Waals surface area contributed by atoms with E-state index in [0.717, 1.165) is 17.3 Å². The fourth-order valence-corrected chi connectivity index (χ4v) is 1.66. The van der Waals surface area contributed by atoms with Crippen LogP contribution in [0.1, 0.15) is 15.2 Å². The van der Waals surface area contributed by atoms with Crippen LogP contribution in [0, 0.1) is 6.92 Å². The smallest absolute Gasteiger partial charge is 0.133 e. The molecule has 0 aliphatic carbocycles. The van der Waals surface area contributed by atoms with Crippen molar-refractivity contribution in [3.05, 3.63) is 17.7 Å². The Morgan fingerprint density at radius 1 is 1.77 bits per heavy atom. The summed E-state index contributed by atoms with van der Waals surface area (Å²) in [6, 6.07) is 3.26. The van der Waals surface area contributed by atoms with Gasteiger partial charge in [-0.05, 0) is 24.3 Å². The van der Waals surface area contributed by atoms with E-state index >= 15 is 0 Å². The molecule has 0 saturated heterocycles. The van der Waals surface area contributed by atoms with Gasteiger partial charge in [-0.3, -0.25) is 0 Å². The van der Waals surface area contributed by atoms with Crippen molar-refractivity contribution in [1.82, 2.24) is 0 Å². The lowest BCUT2D eigenvalue weighted by molar-refractivity contribution is 0.404. The molecule has 0 bridgehead atoms. The molecule has 0 saturated carbocycles. The van der Waals surface area contributed by atoms with Crippen molar-refractivity contribution in [3.63, 3.8) is 0 Å². The predicted molar refractivity (Wildman–Crippen MR) is 55.8 cm³/mol. The van der Waals surface area contributed by atoms with E-state index in [2.05, 4.69) is 0 Å². The minimum Gasteiger partial charge on any atom is -0.507 e. The zero-order valence-corrected chi connectivity index (χ0v) is 8.73. The second kappa shape index (κ2) is 4.42. The first-order chi connectivity index (χ1) is 6.83. The highest BCUT2D eigenvalue weighted by atomic mass is 32.2. The summed E-state index contributed by atoms with van der Waals surface area (Å²) in [7, 11) is 1.53. The van der Waals surface area contributed by atoms with Gasteiger partial charge >= 0.3 is 0 Å². The van der Waals surface area contributed by atoms with Crippen LogP contribution in [0.2, 0.25) is 0 Å². The molecule has 1 N–H and O–H groups in total. The van der Waals surface area contributed by atoms with Crippen molar-refractivity contribution in [2.75, 3.05) is 12.8 Å². The second-order valence-electron chi connectivity index (χ2n) is 2.60. The number of phenolic OH excluding ortho intramolecular Hbond substituents is 1. The molecule has 0 amide bonds. The average Bonchev–Trinajstić information content (AvgIpc) is 2.09. The van der Waals surface area contributed by atoms with Crippen molar-refractivity contribution >= 4 is 11.8 Å². The summed E-state index contributed by atoms with van der Waals surface area (Å²) >= 11 is 1.00. The van der Waals surface area contributed by atoms with Gasteiger partial charge in [0.2, 0.25) is 0 Å². The average molecular weight is 200 g/mol. The van der Waals surface area contributed by atoms with Crippen LogP contribution in [0.3, 0.4) is 0 Å². The van der Waals surface area contributed by atoms with E-state index in [0.29, 0.717) is 10.6 Å². The number of benzene rings is 1. The van der Waals surface area contributed by atoms with E-state index in [4.69, 9.17) is 7.48 Å². The van der Waals surface area contributed by atoms with Crippen LogP contribution < -0.4 is 4.74 Å². The zero-order chi connectivity index (χ0) is 11.6. The highest BCUT2D eigenvalue weighted by Crippen LogP contribution is 2.34. The summed E-state index contributed by atoms with van der Waals surface area (Å²) in [6.45, 7) is 3.27. The number of aromatic hydroxyl groups is 1. The Bertz CT molecular complexity index is 338. The SMILES string of the molecule is [1H][13C@@]([2H])(C)Sc1c(C)cc(OC)cc1O. The first-order valence-corrected chi connectivity index (χ1v) is 4.72. The van der Waals surface area contributed by atoms with Crippen molar-refractivity contribution < 1.29 is 12.6 Å². The van der Waals surface area contributed by atoms with Crippen LogP contribution in [0.15, 0.2) is 17.0 Å². The van der Waals surface area contributed by atoms with Gasteiger partial charge in [-0.15, -0.1) is 11.8 Å². The maximum atomic E-state index is 9.70. The fourth-order valence-electron chi connectivity index (χ4n) is 1.08. The molecule has 3 heteroatoms. The van der Waals surface area contributed by atoms with Crippen LogP contribution in [0.5, 0.6) is 11.5 Å². The van der Waals surface area contributed by atoms with Crippen LogP contribution in [0.4, 0.5) is 0 Å². The molecule has 0 aromatic heterocycles. The van der Waals surface area contributed by atoms with Crippen molar-refractivity contribution in [2.45, 2.75) is 18.7 Å². The van der Waals surface area contributed by atoms with Crippen LogP contribution >= 0.6 is 11.8 Å². The predicted octanol–water partition coefficient (Wildman–Crippen LogP) is 2.82. The molecule has 0 fully saturated rings. The summed E-state index contributed by atoms with van der Waals surface area (Å²) in [6.07, 6.45) is 0. The molecule has 0 unspecified atom stereocenters. The lowest BCUT2D eigenvalue weighted by Crippen LogP contribution is -1.87. The molecule has 0 heterocycles. The second-order valence-corrected chi connectivity index (χ2v) is 3.62. The van der Waals surface area contributed by atoms with Gasteiger partial charge in [0, 0.05) is 8.81 Å². The number of aryl methyl sites for hydroxylation is 1. The number of phenols is 1. The van der Waals surface area contributed by atoms with E-state index in [1.54, 1.807) is 6.07 Å². The minimum atomic E-state index is -1.41. The maximum absolute atomic E-state index is 9.70. The Morgan fingerprint density at radius 2 is 2.46 bits per heavy atom. The lowest BCUT2D eigenvalue weighted by Gasteiger charge is -2.08. The van der Waals surface area contributed by atoms with E-state index in [-0.39, 0.29) is 5.75 Å². The summed E-state index contributed by atoms with van der Waals surface area (Å²) in [5.74, 6) is 0.633. The fraction of sp³-hybridized carbons (Fsp3) is 0.400. The normalized spacial score (nSPS) is 17.2. The van der Waals surface area contributed by atoms with Crippen LogP contribution in [-0.2, 0) is 0 Å². The van der Waals surface area contributed by atoms with Crippen molar-refractivity contribution in [2.24, 2.45) is 0 Å². The van der Waals surface area contributed by atoms with Crippen LogP contribution in [0.25, 0.3) is 0 Å². The molecular weight excluding hydrogens is 185 g/mol. The molecule has 1 rings (SSSR count). The first-order valence-electron chi connectivity index (χ1n) is 4.90. The van der Waals surface area contributed by atoms with Crippen molar-refractivity contribution in [1.29, 1.82) is 0 Å². The van der Waals surface area contributed by atoms with Crippen molar-refractivity contribution in [3.8, 4) is 11.5 Å². The van der Waals surface area contributed by atoms with Gasteiger partial charge < -0.3 is 9.84 Å². The molecule has 13 heavy (non-hydrogen) atoms. The molecule has 2 nitrogen and oxygen atoms in total. The number of hydrogen-bond donors (Lipinski definition) is 1. The Balaban J connectivity index is 3.09. The zero-order valence-electron chi connectivity index (χ0n) is 9.92.